The van der Waals surface area contributed by atoms with Crippen molar-refractivity contribution in [1.82, 2.24) is 0 Å². The smallest absolute Gasteiger partial charge is 0.163 e. The van der Waals surface area contributed by atoms with E-state index in [1.165, 1.54) is 0 Å². The molecule has 2 rings (SSSR count). The van der Waals surface area contributed by atoms with Gasteiger partial charge < -0.3 is 19.3 Å². The van der Waals surface area contributed by atoms with E-state index in [0.717, 1.165) is 13.0 Å². The molecule has 0 bridgehead atoms. The van der Waals surface area contributed by atoms with Gasteiger partial charge >= 0.3 is 0 Å². The predicted molar refractivity (Wildman–Crippen MR) is 72.8 cm³/mol. The minimum atomic E-state index is -0.474. The quantitative estimate of drug-likeness (QED) is 0.780. The molecule has 2 aliphatic heterocycles. The summed E-state index contributed by atoms with van der Waals surface area (Å²) in [5.41, 5.74) is 0. The first-order chi connectivity index (χ1) is 8.84. The summed E-state index contributed by atoms with van der Waals surface area (Å²) in [7, 11) is 0. The third-order valence-electron chi connectivity index (χ3n) is 4.34. The number of epoxide rings is 1. The zero-order chi connectivity index (χ0) is 14.2. The molecule has 0 spiro atoms. The van der Waals surface area contributed by atoms with Crippen molar-refractivity contribution in [3.63, 3.8) is 0 Å². The van der Waals surface area contributed by atoms with Crippen LogP contribution in [0.2, 0.25) is 0 Å². The van der Waals surface area contributed by atoms with E-state index in [2.05, 4.69) is 20.8 Å². The maximum Gasteiger partial charge on any atom is 0.163 e. The first-order valence-corrected chi connectivity index (χ1v) is 7.42. The summed E-state index contributed by atoms with van der Waals surface area (Å²) in [4.78, 5) is 0. The molecule has 0 amide bonds. The van der Waals surface area contributed by atoms with Crippen LogP contribution in [0.5, 0.6) is 0 Å². The number of aliphatic hydroxyl groups is 1. The van der Waals surface area contributed by atoms with Gasteiger partial charge in [-0.2, -0.15) is 0 Å². The Morgan fingerprint density at radius 3 is 2.42 bits per heavy atom. The van der Waals surface area contributed by atoms with Crippen LogP contribution in [0.1, 0.15) is 41.0 Å². The summed E-state index contributed by atoms with van der Waals surface area (Å²) in [6.45, 7) is 11.5. The summed E-state index contributed by atoms with van der Waals surface area (Å²) in [5, 5.41) is 9.05. The van der Waals surface area contributed by atoms with Gasteiger partial charge in [0, 0.05) is 5.92 Å². The van der Waals surface area contributed by atoms with E-state index in [-0.39, 0.29) is 24.9 Å². The summed E-state index contributed by atoms with van der Waals surface area (Å²) in [6, 6.07) is 0. The van der Waals surface area contributed by atoms with E-state index in [1.54, 1.807) is 0 Å². The average Bonchev–Trinajstić information content (AvgIpc) is 3.11. The summed E-state index contributed by atoms with van der Waals surface area (Å²) >= 11 is 0. The van der Waals surface area contributed by atoms with Crippen molar-refractivity contribution in [3.8, 4) is 0 Å². The maximum atomic E-state index is 9.05. The van der Waals surface area contributed by atoms with Crippen molar-refractivity contribution in [2.75, 3.05) is 13.2 Å². The molecule has 4 nitrogen and oxygen atoms in total. The normalized spacial score (nSPS) is 40.7. The summed E-state index contributed by atoms with van der Waals surface area (Å²) < 4.78 is 17.2. The molecular weight excluding hydrogens is 244 g/mol. The van der Waals surface area contributed by atoms with Crippen molar-refractivity contribution < 1.29 is 19.3 Å². The molecule has 2 saturated heterocycles. The van der Waals surface area contributed by atoms with Crippen molar-refractivity contribution in [2.24, 2.45) is 17.8 Å². The predicted octanol–water partition coefficient (Wildman–Crippen LogP) is 2.20. The molecule has 112 valence electrons. The van der Waals surface area contributed by atoms with Crippen LogP contribution >= 0.6 is 0 Å². The SMILES string of the molecule is C[C@@H]1COC(C)(C)O[C@H]1[C@H](C)C[C@@H](C)[C@H]1O[C@@H]1CO. The molecule has 0 unspecified atom stereocenters. The van der Waals surface area contributed by atoms with Crippen molar-refractivity contribution >= 4 is 0 Å². The second-order valence-corrected chi connectivity index (χ2v) is 6.78. The highest BCUT2D eigenvalue weighted by Crippen LogP contribution is 2.37. The average molecular weight is 272 g/mol. The fourth-order valence-corrected chi connectivity index (χ4v) is 3.24. The highest BCUT2D eigenvalue weighted by atomic mass is 16.7. The molecule has 0 aromatic rings. The van der Waals surface area contributed by atoms with Crippen molar-refractivity contribution in [1.29, 1.82) is 0 Å². The lowest BCUT2D eigenvalue weighted by molar-refractivity contribution is -0.300. The Labute approximate surface area is 116 Å². The first-order valence-electron chi connectivity index (χ1n) is 7.42. The molecule has 0 saturated carbocycles. The minimum absolute atomic E-state index is 0.0617. The minimum Gasteiger partial charge on any atom is -0.394 e. The molecule has 4 heteroatoms. The third-order valence-corrected chi connectivity index (χ3v) is 4.34. The highest BCUT2D eigenvalue weighted by Gasteiger charge is 2.44. The molecule has 0 aromatic heterocycles. The van der Waals surface area contributed by atoms with E-state index in [1.807, 2.05) is 13.8 Å². The van der Waals surface area contributed by atoms with Gasteiger partial charge in [-0.05, 0) is 32.1 Å². The van der Waals surface area contributed by atoms with Crippen LogP contribution in [0.25, 0.3) is 0 Å². The number of rotatable bonds is 5. The molecule has 2 aliphatic rings. The first kappa shape index (κ1) is 15.2. The van der Waals surface area contributed by atoms with E-state index >= 15 is 0 Å². The van der Waals surface area contributed by atoms with Gasteiger partial charge in [-0.25, -0.2) is 0 Å². The molecule has 0 radical (unpaired) electrons. The largest absolute Gasteiger partial charge is 0.394 e. The van der Waals surface area contributed by atoms with Gasteiger partial charge in [0.15, 0.2) is 5.79 Å². The number of ether oxygens (including phenoxy) is 3. The lowest BCUT2D eigenvalue weighted by atomic mass is 9.84. The molecule has 0 aliphatic carbocycles. The molecule has 2 heterocycles. The van der Waals surface area contributed by atoms with Gasteiger partial charge in [-0.1, -0.05) is 20.8 Å². The Bertz CT molecular complexity index is 305. The van der Waals surface area contributed by atoms with Gasteiger partial charge in [0.05, 0.1) is 25.4 Å². The molecule has 0 aromatic carbocycles. The van der Waals surface area contributed by atoms with Crippen LogP contribution in [-0.2, 0) is 14.2 Å². The Morgan fingerprint density at radius 2 is 1.84 bits per heavy atom. The lowest BCUT2D eigenvalue weighted by Gasteiger charge is -2.43. The fourth-order valence-electron chi connectivity index (χ4n) is 3.24. The van der Waals surface area contributed by atoms with Gasteiger partial charge in [0.25, 0.3) is 0 Å². The van der Waals surface area contributed by atoms with Gasteiger partial charge in [-0.3, -0.25) is 0 Å². The van der Waals surface area contributed by atoms with E-state index in [9.17, 15) is 0 Å². The Morgan fingerprint density at radius 1 is 1.21 bits per heavy atom. The monoisotopic (exact) mass is 272 g/mol. The Balaban J connectivity index is 1.86. The lowest BCUT2D eigenvalue weighted by Crippen LogP contribution is -2.47. The Kier molecular flexibility index (Phi) is 4.56. The van der Waals surface area contributed by atoms with Crippen LogP contribution in [0.15, 0.2) is 0 Å². The Hall–Kier alpha value is -0.160. The van der Waals surface area contributed by atoms with Crippen LogP contribution < -0.4 is 0 Å². The zero-order valence-electron chi connectivity index (χ0n) is 12.8. The second kappa shape index (κ2) is 5.68. The van der Waals surface area contributed by atoms with Gasteiger partial charge in [0.1, 0.15) is 6.10 Å². The number of hydrogen-bond donors (Lipinski definition) is 1. The van der Waals surface area contributed by atoms with E-state index < -0.39 is 5.79 Å². The van der Waals surface area contributed by atoms with Crippen molar-refractivity contribution in [3.05, 3.63) is 0 Å². The summed E-state index contributed by atoms with van der Waals surface area (Å²) in [5.74, 6) is 0.882. The van der Waals surface area contributed by atoms with E-state index in [0.29, 0.717) is 17.8 Å². The van der Waals surface area contributed by atoms with Crippen molar-refractivity contribution in [2.45, 2.75) is 65.1 Å². The van der Waals surface area contributed by atoms with E-state index in [4.69, 9.17) is 19.3 Å². The van der Waals surface area contributed by atoms with Crippen LogP contribution in [0, 0.1) is 17.8 Å². The topological polar surface area (TPSA) is 51.2 Å². The molecule has 1 N–H and O–H groups in total. The van der Waals surface area contributed by atoms with Crippen LogP contribution in [-0.4, -0.2) is 42.4 Å². The highest BCUT2D eigenvalue weighted by molar-refractivity contribution is 4.90. The number of aliphatic hydroxyl groups excluding tert-OH is 1. The van der Waals surface area contributed by atoms with Crippen LogP contribution in [0.4, 0.5) is 0 Å². The molecule has 6 atom stereocenters. The molecule has 2 fully saturated rings. The van der Waals surface area contributed by atoms with Crippen LogP contribution in [0.3, 0.4) is 0 Å². The molecular formula is C15H28O4. The third kappa shape index (κ3) is 3.69. The maximum absolute atomic E-state index is 9.05. The zero-order valence-corrected chi connectivity index (χ0v) is 12.8. The van der Waals surface area contributed by atoms with Gasteiger partial charge in [0.2, 0.25) is 0 Å². The fraction of sp³-hybridized carbons (Fsp3) is 1.00. The van der Waals surface area contributed by atoms with Gasteiger partial charge in [-0.15, -0.1) is 0 Å². The number of hydrogen-bond acceptors (Lipinski definition) is 4. The molecule has 19 heavy (non-hydrogen) atoms. The second-order valence-electron chi connectivity index (χ2n) is 6.78. The standard InChI is InChI=1S/C15H28O4/c1-9(6-10(2)14-12(7-16)18-14)13-11(3)8-17-15(4,5)19-13/h9-14,16H,6-8H2,1-5H3/t9-,10-,11-,12-,13+,14-/m1/s1. The summed E-state index contributed by atoms with van der Waals surface area (Å²) in [6.07, 6.45) is 1.59.